The molecule has 0 spiro atoms. The van der Waals surface area contributed by atoms with Crippen molar-refractivity contribution in [2.75, 3.05) is 4.72 Å². The summed E-state index contributed by atoms with van der Waals surface area (Å²) in [6.45, 7) is 6.82. The molecule has 134 valence electrons. The minimum atomic E-state index is -3.85. The van der Waals surface area contributed by atoms with E-state index in [1.165, 1.54) is 18.2 Å². The maximum absolute atomic E-state index is 13.9. The minimum Gasteiger partial charge on any atom is -0.456 e. The van der Waals surface area contributed by atoms with Gasteiger partial charge in [-0.25, -0.2) is 17.6 Å². The summed E-state index contributed by atoms with van der Waals surface area (Å²) in [6.07, 6.45) is 0. The van der Waals surface area contributed by atoms with Crippen molar-refractivity contribution in [2.24, 2.45) is 0 Å². The predicted octanol–water partition coefficient (Wildman–Crippen LogP) is 3.89. The number of carbonyl (C=O) groups is 1. The third-order valence-corrected chi connectivity index (χ3v) is 4.57. The van der Waals surface area contributed by atoms with Crippen LogP contribution in [0.25, 0.3) is 0 Å². The lowest BCUT2D eigenvalue weighted by Gasteiger charge is -2.20. The second-order valence-corrected chi connectivity index (χ2v) is 8.30. The molecule has 0 amide bonds. The average molecular weight is 365 g/mol. The summed E-state index contributed by atoms with van der Waals surface area (Å²) in [5.41, 5.74) is -0.129. The van der Waals surface area contributed by atoms with Gasteiger partial charge in [-0.3, -0.25) is 4.72 Å². The topological polar surface area (TPSA) is 72.5 Å². The molecule has 1 N–H and O–H groups in total. The van der Waals surface area contributed by atoms with E-state index in [1.54, 1.807) is 32.9 Å². The molecule has 0 bridgehead atoms. The van der Waals surface area contributed by atoms with Crippen LogP contribution in [0.5, 0.6) is 0 Å². The van der Waals surface area contributed by atoms with Gasteiger partial charge in [0.2, 0.25) is 0 Å². The fourth-order valence-electron chi connectivity index (χ4n) is 2.01. The Morgan fingerprint density at radius 3 is 2.24 bits per heavy atom. The lowest BCUT2D eigenvalue weighted by atomic mass is 10.1. The maximum Gasteiger partial charge on any atom is 0.341 e. The molecule has 0 aromatic heterocycles. The van der Waals surface area contributed by atoms with Crippen LogP contribution in [0.15, 0.2) is 47.4 Å². The van der Waals surface area contributed by atoms with E-state index >= 15 is 0 Å². The molecule has 2 aromatic carbocycles. The van der Waals surface area contributed by atoms with Gasteiger partial charge in [-0.1, -0.05) is 17.7 Å². The van der Waals surface area contributed by atoms with Gasteiger partial charge in [0.1, 0.15) is 11.4 Å². The van der Waals surface area contributed by atoms with Gasteiger partial charge >= 0.3 is 5.97 Å². The van der Waals surface area contributed by atoms with Crippen molar-refractivity contribution in [3.63, 3.8) is 0 Å². The average Bonchev–Trinajstić information content (AvgIpc) is 2.47. The third kappa shape index (κ3) is 5.03. The number of carbonyl (C=O) groups excluding carboxylic acids is 1. The molecule has 0 atom stereocenters. The first-order chi connectivity index (χ1) is 11.5. The van der Waals surface area contributed by atoms with Crippen molar-refractivity contribution >= 4 is 21.7 Å². The number of nitrogens with one attached hydrogen (secondary N) is 1. The van der Waals surface area contributed by atoms with Crippen LogP contribution in [0.2, 0.25) is 0 Å². The zero-order valence-electron chi connectivity index (χ0n) is 14.5. The highest BCUT2D eigenvalue weighted by Crippen LogP contribution is 2.21. The molecule has 2 rings (SSSR count). The number of hydrogen-bond acceptors (Lipinski definition) is 4. The van der Waals surface area contributed by atoms with Crippen LogP contribution in [0, 0.1) is 12.7 Å². The molecule has 25 heavy (non-hydrogen) atoms. The van der Waals surface area contributed by atoms with Crippen LogP contribution in [-0.2, 0) is 14.8 Å². The Labute approximate surface area is 146 Å². The highest BCUT2D eigenvalue weighted by molar-refractivity contribution is 7.92. The Morgan fingerprint density at radius 2 is 1.68 bits per heavy atom. The molecule has 2 aromatic rings. The number of anilines is 1. The zero-order chi connectivity index (χ0) is 18.8. The Balaban J connectivity index is 2.30. The van der Waals surface area contributed by atoms with Crippen LogP contribution in [0.1, 0.15) is 36.7 Å². The summed E-state index contributed by atoms with van der Waals surface area (Å²) >= 11 is 0. The molecule has 0 aliphatic carbocycles. The van der Waals surface area contributed by atoms with Crippen molar-refractivity contribution in [2.45, 2.75) is 38.2 Å². The fourth-order valence-corrected chi connectivity index (χ4v) is 3.06. The van der Waals surface area contributed by atoms with E-state index in [-0.39, 0.29) is 16.1 Å². The molecule has 0 radical (unpaired) electrons. The molecule has 0 aliphatic rings. The SMILES string of the molecule is Cc1ccc(S(=O)(=O)Nc2ccc(F)c(C(=O)OC(C)(C)C)c2)cc1. The molecule has 5 nitrogen and oxygen atoms in total. The van der Waals surface area contributed by atoms with Gasteiger partial charge in [-0.2, -0.15) is 0 Å². The number of aryl methyl sites for hydroxylation is 1. The summed E-state index contributed by atoms with van der Waals surface area (Å²) in [7, 11) is -3.85. The van der Waals surface area contributed by atoms with Crippen molar-refractivity contribution < 1.29 is 22.3 Å². The standard InChI is InChI=1S/C18H20FNO4S/c1-12-5-8-14(9-6-12)25(22,23)20-13-7-10-16(19)15(11-13)17(21)24-18(2,3)4/h5-11,20H,1-4H3. The van der Waals surface area contributed by atoms with Crippen molar-refractivity contribution in [1.82, 2.24) is 0 Å². The van der Waals surface area contributed by atoms with Crippen molar-refractivity contribution in [3.05, 3.63) is 59.4 Å². The number of sulfonamides is 1. The lowest BCUT2D eigenvalue weighted by Crippen LogP contribution is -2.24. The first-order valence-corrected chi connectivity index (χ1v) is 9.09. The number of rotatable bonds is 4. The first-order valence-electron chi connectivity index (χ1n) is 7.60. The largest absolute Gasteiger partial charge is 0.456 e. The highest BCUT2D eigenvalue weighted by Gasteiger charge is 2.22. The molecule has 0 saturated heterocycles. The number of ether oxygens (including phenoxy) is 1. The Bertz CT molecular complexity index is 884. The summed E-state index contributed by atoms with van der Waals surface area (Å²) < 4.78 is 46.2. The Morgan fingerprint density at radius 1 is 1.08 bits per heavy atom. The second kappa shape index (κ2) is 6.84. The van der Waals surface area contributed by atoms with Crippen LogP contribution in [0.4, 0.5) is 10.1 Å². The van der Waals surface area contributed by atoms with Gasteiger partial charge in [0, 0.05) is 5.69 Å². The Hall–Kier alpha value is -2.41. The van der Waals surface area contributed by atoms with Gasteiger partial charge in [-0.15, -0.1) is 0 Å². The summed E-state index contributed by atoms with van der Waals surface area (Å²) in [4.78, 5) is 12.1. The monoisotopic (exact) mass is 365 g/mol. The van der Waals surface area contributed by atoms with E-state index < -0.39 is 27.4 Å². The zero-order valence-corrected chi connectivity index (χ0v) is 15.3. The normalized spacial score (nSPS) is 11.9. The maximum atomic E-state index is 13.9. The smallest absolute Gasteiger partial charge is 0.341 e. The second-order valence-electron chi connectivity index (χ2n) is 6.62. The molecular weight excluding hydrogens is 345 g/mol. The van der Waals surface area contributed by atoms with E-state index in [1.807, 2.05) is 6.92 Å². The lowest BCUT2D eigenvalue weighted by molar-refractivity contribution is 0.00647. The number of esters is 1. The molecule has 0 aliphatic heterocycles. The van der Waals surface area contributed by atoms with Gasteiger partial charge in [0.25, 0.3) is 10.0 Å². The predicted molar refractivity (Wildman–Crippen MR) is 93.6 cm³/mol. The van der Waals surface area contributed by atoms with E-state index in [0.717, 1.165) is 17.7 Å². The summed E-state index contributed by atoms with van der Waals surface area (Å²) in [5.74, 6) is -1.64. The van der Waals surface area contributed by atoms with Crippen molar-refractivity contribution in [1.29, 1.82) is 0 Å². The molecule has 0 saturated carbocycles. The van der Waals surface area contributed by atoms with Gasteiger partial charge in [0.05, 0.1) is 10.5 Å². The van der Waals surface area contributed by atoms with E-state index in [2.05, 4.69) is 4.72 Å². The molecule has 0 fully saturated rings. The first kappa shape index (κ1) is 18.9. The highest BCUT2D eigenvalue weighted by atomic mass is 32.2. The van der Waals surface area contributed by atoms with Crippen molar-refractivity contribution in [3.8, 4) is 0 Å². The van der Waals surface area contributed by atoms with E-state index in [4.69, 9.17) is 4.74 Å². The van der Waals surface area contributed by atoms with Crippen LogP contribution >= 0.6 is 0 Å². The van der Waals surface area contributed by atoms with Gasteiger partial charge in [-0.05, 0) is 58.0 Å². The number of hydrogen-bond donors (Lipinski definition) is 1. The molecular formula is C18H20FNO4S. The summed E-state index contributed by atoms with van der Waals surface area (Å²) in [5, 5.41) is 0. The van der Waals surface area contributed by atoms with Gasteiger partial charge in [0.15, 0.2) is 0 Å². The molecule has 0 heterocycles. The number of halogens is 1. The molecule has 0 unspecified atom stereocenters. The quantitative estimate of drug-likeness (QED) is 0.835. The van der Waals surface area contributed by atoms with E-state index in [0.29, 0.717) is 0 Å². The third-order valence-electron chi connectivity index (χ3n) is 3.17. The van der Waals surface area contributed by atoms with Crippen LogP contribution in [-0.4, -0.2) is 20.0 Å². The number of benzene rings is 2. The summed E-state index contributed by atoms with van der Waals surface area (Å²) in [6, 6.07) is 9.67. The van der Waals surface area contributed by atoms with Crippen LogP contribution in [0.3, 0.4) is 0 Å². The van der Waals surface area contributed by atoms with E-state index in [9.17, 15) is 17.6 Å². The minimum absolute atomic E-state index is 0.0706. The molecule has 7 heteroatoms. The Kier molecular flexibility index (Phi) is 5.17. The van der Waals surface area contributed by atoms with Crippen LogP contribution < -0.4 is 4.72 Å². The fraction of sp³-hybridized carbons (Fsp3) is 0.278. The van der Waals surface area contributed by atoms with Gasteiger partial charge < -0.3 is 4.74 Å².